The van der Waals surface area contributed by atoms with E-state index in [1.54, 1.807) is 0 Å². The first-order valence-corrected chi connectivity index (χ1v) is 4.05. The number of rotatable bonds is 8. The molecule has 10 nitrogen and oxygen atoms in total. The van der Waals surface area contributed by atoms with Crippen LogP contribution >= 0.6 is 0 Å². The highest BCUT2D eigenvalue weighted by molar-refractivity contribution is 4.57. The van der Waals surface area contributed by atoms with Crippen LogP contribution < -0.4 is 11.5 Å². The minimum atomic E-state index is -2.36. The first kappa shape index (κ1) is 13.3. The Morgan fingerprint density at radius 3 is 1.93 bits per heavy atom. The fraction of sp³-hybridized carbons (Fsp3) is 1.00. The molecule has 0 rings (SSSR count). The zero-order valence-electron chi connectivity index (χ0n) is 7.83. The molecule has 0 aliphatic heterocycles. The zero-order chi connectivity index (χ0) is 11.9. The van der Waals surface area contributed by atoms with Crippen molar-refractivity contribution in [1.82, 2.24) is 0 Å². The lowest BCUT2D eigenvalue weighted by Crippen LogP contribution is -2.48. The summed E-state index contributed by atoms with van der Waals surface area (Å²) in [5.41, 5.74) is 10.3. The average molecular weight is 224 g/mol. The van der Waals surface area contributed by atoms with Crippen LogP contribution in [0.15, 0.2) is 0 Å². The van der Waals surface area contributed by atoms with Crippen LogP contribution in [0.4, 0.5) is 0 Å². The van der Waals surface area contributed by atoms with Gasteiger partial charge >= 0.3 is 5.91 Å². The normalized spacial score (nSPS) is 10.8. The Balaban J connectivity index is 4.26. The number of hydrogen-bond donors (Lipinski definition) is 2. The summed E-state index contributed by atoms with van der Waals surface area (Å²) < 4.78 is 0. The van der Waals surface area contributed by atoms with Crippen LogP contribution in [-0.2, 0) is 9.68 Å². The molecule has 10 heteroatoms. The summed E-state index contributed by atoms with van der Waals surface area (Å²) >= 11 is 0. The summed E-state index contributed by atoms with van der Waals surface area (Å²) in [6.07, 6.45) is 0.613. The van der Waals surface area contributed by atoms with E-state index < -0.39 is 16.1 Å². The van der Waals surface area contributed by atoms with Crippen molar-refractivity contribution in [3.05, 3.63) is 20.2 Å². The number of hydrogen-bond acceptors (Lipinski definition) is 8. The summed E-state index contributed by atoms with van der Waals surface area (Å²) in [7, 11) is 0. The van der Waals surface area contributed by atoms with E-state index in [0.717, 1.165) is 0 Å². The Bertz CT molecular complexity index is 218. The first-order chi connectivity index (χ1) is 6.89. The number of unbranched alkanes of at least 4 members (excludes halogenated alkanes) is 1. The Labute approximate surface area is 84.3 Å². The van der Waals surface area contributed by atoms with Crippen molar-refractivity contribution in [3.63, 3.8) is 0 Å². The maximum atomic E-state index is 10.0. The van der Waals surface area contributed by atoms with Gasteiger partial charge in [-0.25, -0.2) is 0 Å². The van der Waals surface area contributed by atoms with Crippen LogP contribution in [0.25, 0.3) is 0 Å². The van der Waals surface area contributed by atoms with Crippen molar-refractivity contribution in [1.29, 1.82) is 0 Å². The lowest BCUT2D eigenvalue weighted by molar-refractivity contribution is -0.873. The predicted octanol–water partition coefficient (Wildman–Crippen LogP) is -0.855. The Hall–Kier alpha value is -1.68. The summed E-state index contributed by atoms with van der Waals surface area (Å²) in [4.78, 5) is 27.8. The molecule has 0 spiro atoms. The van der Waals surface area contributed by atoms with Crippen LogP contribution in [0, 0.1) is 20.2 Å². The third-order valence-corrected chi connectivity index (χ3v) is 1.44. The molecule has 0 unspecified atom stereocenters. The molecule has 0 amide bonds. The molecule has 0 aromatic rings. The fourth-order valence-electron chi connectivity index (χ4n) is 0.876. The van der Waals surface area contributed by atoms with Crippen molar-refractivity contribution in [2.75, 3.05) is 6.54 Å². The molecule has 0 aromatic heterocycles. The predicted molar refractivity (Wildman–Crippen MR) is 46.0 cm³/mol. The van der Waals surface area contributed by atoms with Crippen LogP contribution in [-0.4, -0.2) is 22.6 Å². The maximum absolute atomic E-state index is 10.0. The summed E-state index contributed by atoms with van der Waals surface area (Å²) in [5, 5.41) is 17.5. The fourth-order valence-corrected chi connectivity index (χ4v) is 0.876. The van der Waals surface area contributed by atoms with Crippen LogP contribution in [0.1, 0.15) is 19.3 Å². The zero-order valence-corrected chi connectivity index (χ0v) is 7.83. The molecule has 4 N–H and O–H groups in total. The molecule has 0 radical (unpaired) electrons. The molecule has 15 heavy (non-hydrogen) atoms. The van der Waals surface area contributed by atoms with E-state index in [2.05, 4.69) is 9.68 Å². The molecule has 0 aromatic carbocycles. The lowest BCUT2D eigenvalue weighted by atomic mass is 10.2. The van der Waals surface area contributed by atoms with Crippen LogP contribution in [0.5, 0.6) is 0 Å². The minimum absolute atomic E-state index is 0.202. The molecule has 0 atom stereocenters. The number of nitrogens with zero attached hydrogens (tertiary/aromatic N) is 2. The molecule has 0 heterocycles. The van der Waals surface area contributed by atoms with Gasteiger partial charge in [-0.3, -0.25) is 15.4 Å². The van der Waals surface area contributed by atoms with E-state index in [1.807, 2.05) is 0 Å². The average Bonchev–Trinajstić information content (AvgIpc) is 2.00. The molecule has 0 aliphatic carbocycles. The van der Waals surface area contributed by atoms with Gasteiger partial charge in [0, 0.05) is 6.42 Å². The van der Waals surface area contributed by atoms with Gasteiger partial charge < -0.3 is 5.73 Å². The Morgan fingerprint density at radius 2 is 1.60 bits per heavy atom. The second-order valence-corrected chi connectivity index (χ2v) is 2.69. The van der Waals surface area contributed by atoms with Gasteiger partial charge in [0.1, 0.15) is 0 Å². The van der Waals surface area contributed by atoms with Crippen molar-refractivity contribution in [2.45, 2.75) is 25.2 Å². The van der Waals surface area contributed by atoms with E-state index in [1.165, 1.54) is 0 Å². The standard InChI is InChI=1S/C5H12N4O6/c6-4-2-1-3-5(7,14-8(10)11)15-9(12)13/h1-4,6-7H2. The SMILES string of the molecule is NCCCCC(N)(O[N+](=O)[O-])O[N+](=O)[O-]. The van der Waals surface area contributed by atoms with Gasteiger partial charge in [-0.05, 0) is 19.4 Å². The Morgan fingerprint density at radius 1 is 1.13 bits per heavy atom. The molecule has 0 saturated carbocycles. The second-order valence-electron chi connectivity index (χ2n) is 2.69. The third-order valence-electron chi connectivity index (χ3n) is 1.44. The van der Waals surface area contributed by atoms with Gasteiger partial charge in [0.25, 0.3) is 10.2 Å². The largest absolute Gasteiger partial charge is 0.330 e. The molecular formula is C5H12N4O6. The molecule has 0 bridgehead atoms. The van der Waals surface area contributed by atoms with Gasteiger partial charge in [0.15, 0.2) is 0 Å². The highest BCUT2D eigenvalue weighted by atomic mass is 17.1. The highest BCUT2D eigenvalue weighted by Gasteiger charge is 2.33. The summed E-state index contributed by atoms with van der Waals surface area (Å²) in [6.45, 7) is 0.340. The molecular weight excluding hydrogens is 212 g/mol. The molecule has 88 valence electrons. The van der Waals surface area contributed by atoms with Crippen molar-refractivity contribution < 1.29 is 19.8 Å². The molecule has 0 aliphatic rings. The van der Waals surface area contributed by atoms with E-state index in [-0.39, 0.29) is 6.42 Å². The quantitative estimate of drug-likeness (QED) is 0.233. The van der Waals surface area contributed by atoms with Crippen LogP contribution in [0.3, 0.4) is 0 Å². The Kier molecular flexibility index (Phi) is 5.26. The van der Waals surface area contributed by atoms with Gasteiger partial charge in [0.2, 0.25) is 0 Å². The van der Waals surface area contributed by atoms with Crippen molar-refractivity contribution >= 4 is 0 Å². The monoisotopic (exact) mass is 224 g/mol. The van der Waals surface area contributed by atoms with Crippen LogP contribution in [0.2, 0.25) is 0 Å². The molecule has 0 saturated heterocycles. The smallest absolute Gasteiger partial charge is 0.314 e. The highest BCUT2D eigenvalue weighted by Crippen LogP contribution is 2.14. The number of nitrogens with two attached hydrogens (primary N) is 2. The maximum Gasteiger partial charge on any atom is 0.314 e. The molecule has 0 fully saturated rings. The van der Waals surface area contributed by atoms with Gasteiger partial charge in [0.05, 0.1) is 0 Å². The van der Waals surface area contributed by atoms with Crippen molar-refractivity contribution in [2.24, 2.45) is 11.5 Å². The van der Waals surface area contributed by atoms with Gasteiger partial charge in [-0.1, -0.05) is 0 Å². The van der Waals surface area contributed by atoms with Gasteiger partial charge in [-0.15, -0.1) is 20.2 Å². The first-order valence-electron chi connectivity index (χ1n) is 4.05. The van der Waals surface area contributed by atoms with E-state index in [9.17, 15) is 20.2 Å². The van der Waals surface area contributed by atoms with E-state index in [0.29, 0.717) is 19.4 Å². The van der Waals surface area contributed by atoms with Gasteiger partial charge in [-0.2, -0.15) is 0 Å². The summed E-state index contributed by atoms with van der Waals surface area (Å²) in [5.74, 6) is -2.36. The third kappa shape index (κ3) is 6.40. The van der Waals surface area contributed by atoms with E-state index in [4.69, 9.17) is 11.5 Å². The van der Waals surface area contributed by atoms with Crippen molar-refractivity contribution in [3.8, 4) is 0 Å². The minimum Gasteiger partial charge on any atom is -0.330 e. The second kappa shape index (κ2) is 5.93. The lowest BCUT2D eigenvalue weighted by Gasteiger charge is -2.23. The topological polar surface area (TPSA) is 157 Å². The summed E-state index contributed by atoms with van der Waals surface area (Å²) in [6, 6.07) is 0. The van der Waals surface area contributed by atoms with E-state index >= 15 is 0 Å².